The van der Waals surface area contributed by atoms with Gasteiger partial charge in [0.2, 0.25) is 5.83 Å². The van der Waals surface area contributed by atoms with Gasteiger partial charge in [0, 0.05) is 6.42 Å². The molecule has 0 fully saturated rings. The summed E-state index contributed by atoms with van der Waals surface area (Å²) in [5, 5.41) is 0. The molecule has 0 saturated heterocycles. The minimum Gasteiger partial charge on any atom is -0.201 e. The van der Waals surface area contributed by atoms with E-state index in [4.69, 9.17) is 0 Å². The molecule has 0 N–H and O–H groups in total. The largest absolute Gasteiger partial charge is 0.367 e. The monoisotopic (exact) mass is 458 g/mol. The Labute approximate surface area is 118 Å². The second-order valence-corrected chi connectivity index (χ2v) is 4.95. The molecule has 0 heterocycles. The first-order valence-corrected chi connectivity index (χ1v) is 5.90. The van der Waals surface area contributed by atoms with Gasteiger partial charge < -0.3 is 0 Å². The van der Waals surface area contributed by atoms with E-state index < -0.39 is 38.8 Å². The molecular weight excluding hydrogens is 455 g/mol. The van der Waals surface area contributed by atoms with Crippen molar-refractivity contribution in [1.29, 1.82) is 0 Å². The molecule has 0 saturated carbocycles. The zero-order chi connectivity index (χ0) is 14.8. The molecule has 0 atom stereocenters. The minimum atomic E-state index is -4.73. The summed E-state index contributed by atoms with van der Waals surface area (Å²) in [4.78, 5) is -4.63. The van der Waals surface area contributed by atoms with Gasteiger partial charge in [-0.05, 0) is 44.6 Å². The van der Waals surface area contributed by atoms with Gasteiger partial charge >= 0.3 is 16.7 Å². The van der Waals surface area contributed by atoms with Crippen LogP contribution in [0.1, 0.15) is 6.42 Å². The highest BCUT2D eigenvalue weighted by Gasteiger charge is 2.52. The molecule has 0 aromatic rings. The summed E-state index contributed by atoms with van der Waals surface area (Å²) in [7, 11) is 0. The van der Waals surface area contributed by atoms with Gasteiger partial charge in [-0.15, -0.1) is 0 Å². The van der Waals surface area contributed by atoms with Crippen LogP contribution in [0.25, 0.3) is 0 Å². The lowest BCUT2D eigenvalue weighted by Gasteiger charge is -2.18. The SMILES string of the molecule is FC(I)=C(F)C(F)(F)CC=CC(F)(F)C(F)(F)Br. The highest BCUT2D eigenvalue weighted by atomic mass is 127. The van der Waals surface area contributed by atoms with E-state index in [9.17, 15) is 35.1 Å². The van der Waals surface area contributed by atoms with Gasteiger partial charge in [0.15, 0.2) is 3.83 Å². The first kappa shape index (κ1) is 18.1. The van der Waals surface area contributed by atoms with Crippen molar-refractivity contribution in [3.05, 3.63) is 21.8 Å². The molecule has 0 unspecified atom stereocenters. The van der Waals surface area contributed by atoms with Gasteiger partial charge in [-0.2, -0.15) is 30.7 Å². The minimum absolute atomic E-state index is 0.0473. The Kier molecular flexibility index (Phi) is 6.10. The van der Waals surface area contributed by atoms with Crippen molar-refractivity contribution in [1.82, 2.24) is 0 Å². The van der Waals surface area contributed by atoms with Crippen LogP contribution in [0.15, 0.2) is 21.8 Å². The molecule has 106 valence electrons. The predicted molar refractivity (Wildman–Crippen MR) is 60.8 cm³/mol. The Bertz CT molecular complexity index is 353. The summed E-state index contributed by atoms with van der Waals surface area (Å²) >= 11 is 2.00. The molecule has 10 heteroatoms. The van der Waals surface area contributed by atoms with E-state index in [1.165, 1.54) is 15.9 Å². The van der Waals surface area contributed by atoms with Crippen LogP contribution < -0.4 is 0 Å². The van der Waals surface area contributed by atoms with Crippen molar-refractivity contribution in [3.8, 4) is 0 Å². The average Bonchev–Trinajstić information content (AvgIpc) is 2.13. The molecule has 0 spiro atoms. The molecule has 0 aromatic heterocycles. The lowest BCUT2D eigenvalue weighted by atomic mass is 10.2. The van der Waals surface area contributed by atoms with Gasteiger partial charge in [0.25, 0.3) is 0 Å². The Morgan fingerprint density at radius 1 is 1.06 bits per heavy atom. The molecular formula is C8H4BrF8I. The molecule has 0 aliphatic rings. The second-order valence-electron chi connectivity index (χ2n) is 3.01. The summed E-state index contributed by atoms with van der Waals surface area (Å²) in [5.41, 5.74) is 0. The Morgan fingerprint density at radius 3 is 1.83 bits per heavy atom. The third kappa shape index (κ3) is 5.02. The van der Waals surface area contributed by atoms with Crippen molar-refractivity contribution in [2.45, 2.75) is 23.1 Å². The van der Waals surface area contributed by atoms with Crippen LogP contribution in [0.4, 0.5) is 35.1 Å². The van der Waals surface area contributed by atoms with Gasteiger partial charge in [-0.1, -0.05) is 6.08 Å². The Hall–Kier alpha value is 0.130. The maximum Gasteiger partial charge on any atom is 0.367 e. The molecule has 0 amide bonds. The number of hydrogen-bond acceptors (Lipinski definition) is 0. The molecule has 0 radical (unpaired) electrons. The predicted octanol–water partition coefficient (Wildman–Crippen LogP) is 5.73. The lowest BCUT2D eigenvalue weighted by molar-refractivity contribution is -0.111. The molecule has 0 rings (SSSR count). The summed E-state index contributed by atoms with van der Waals surface area (Å²) in [6, 6.07) is 0. The summed E-state index contributed by atoms with van der Waals surface area (Å²) in [5.74, 6) is -11.5. The summed E-state index contributed by atoms with van der Waals surface area (Å²) in [6.45, 7) is 0. The van der Waals surface area contributed by atoms with Gasteiger partial charge in [-0.3, -0.25) is 0 Å². The van der Waals surface area contributed by atoms with E-state index in [-0.39, 0.29) is 6.08 Å². The normalized spacial score (nSPS) is 16.1. The standard InChI is InChI=1S/C8H4BrF8I/c9-8(16,17)7(14,15)3-1-2-6(12,13)4(10)5(11)18/h1,3H,2H2. The van der Waals surface area contributed by atoms with Crippen LogP contribution in [0, 0.1) is 0 Å². The maximum absolute atomic E-state index is 12.8. The quantitative estimate of drug-likeness (QED) is 0.213. The zero-order valence-electron chi connectivity index (χ0n) is 8.14. The molecule has 0 aliphatic heterocycles. The highest BCUT2D eigenvalue weighted by Crippen LogP contribution is 2.41. The molecule has 18 heavy (non-hydrogen) atoms. The van der Waals surface area contributed by atoms with Crippen LogP contribution in [0.3, 0.4) is 0 Å². The zero-order valence-corrected chi connectivity index (χ0v) is 11.9. The number of hydrogen-bond donors (Lipinski definition) is 0. The van der Waals surface area contributed by atoms with Gasteiger partial charge in [-0.25, -0.2) is 4.39 Å². The number of allylic oxidation sites excluding steroid dienone is 3. The summed E-state index contributed by atoms with van der Waals surface area (Å²) < 4.78 is 97.9. The van der Waals surface area contributed by atoms with Crippen molar-refractivity contribution >= 4 is 38.5 Å². The lowest BCUT2D eigenvalue weighted by Crippen LogP contribution is -2.32. The fraction of sp³-hybridized carbons (Fsp3) is 0.500. The van der Waals surface area contributed by atoms with Crippen molar-refractivity contribution in [3.63, 3.8) is 0 Å². The first-order chi connectivity index (χ1) is 7.81. The topological polar surface area (TPSA) is 0 Å². The third-order valence-corrected chi connectivity index (χ3v) is 2.57. The summed E-state index contributed by atoms with van der Waals surface area (Å²) in [6.07, 6.45) is -2.23. The van der Waals surface area contributed by atoms with Crippen molar-refractivity contribution in [2.24, 2.45) is 0 Å². The van der Waals surface area contributed by atoms with E-state index in [1.807, 2.05) is 0 Å². The molecule has 0 bridgehead atoms. The average molecular weight is 459 g/mol. The van der Waals surface area contributed by atoms with E-state index in [1.54, 1.807) is 0 Å². The van der Waals surface area contributed by atoms with Crippen LogP contribution in [0.5, 0.6) is 0 Å². The second kappa shape index (κ2) is 6.06. The Morgan fingerprint density at radius 2 is 1.50 bits per heavy atom. The molecule has 0 aromatic carbocycles. The van der Waals surface area contributed by atoms with Crippen LogP contribution >= 0.6 is 38.5 Å². The smallest absolute Gasteiger partial charge is 0.201 e. The van der Waals surface area contributed by atoms with Crippen LogP contribution in [-0.2, 0) is 0 Å². The van der Waals surface area contributed by atoms with E-state index >= 15 is 0 Å². The molecule has 0 nitrogen and oxygen atoms in total. The number of alkyl halides is 7. The number of halogens is 10. The van der Waals surface area contributed by atoms with E-state index in [0.29, 0.717) is 22.6 Å². The third-order valence-electron chi connectivity index (χ3n) is 1.57. The Balaban J connectivity index is 4.84. The van der Waals surface area contributed by atoms with Crippen LogP contribution in [0.2, 0.25) is 0 Å². The van der Waals surface area contributed by atoms with E-state index in [2.05, 4.69) is 0 Å². The van der Waals surface area contributed by atoms with Gasteiger partial charge in [0.1, 0.15) is 0 Å². The molecule has 0 aliphatic carbocycles. The maximum atomic E-state index is 12.8. The van der Waals surface area contributed by atoms with Crippen molar-refractivity contribution in [2.75, 3.05) is 0 Å². The van der Waals surface area contributed by atoms with Crippen LogP contribution in [-0.4, -0.2) is 16.7 Å². The first-order valence-electron chi connectivity index (χ1n) is 4.02. The number of rotatable bonds is 5. The van der Waals surface area contributed by atoms with Gasteiger partial charge in [0.05, 0.1) is 0 Å². The fourth-order valence-electron chi connectivity index (χ4n) is 0.677. The highest BCUT2D eigenvalue weighted by molar-refractivity contribution is 14.1. The fourth-order valence-corrected chi connectivity index (χ4v) is 1.20. The van der Waals surface area contributed by atoms with E-state index in [0.717, 1.165) is 0 Å². The van der Waals surface area contributed by atoms with Crippen molar-refractivity contribution < 1.29 is 35.1 Å².